The molecule has 0 saturated carbocycles. The molecular weight excluding hydrogens is 120 g/mol. The van der Waals surface area contributed by atoms with Gasteiger partial charge in [-0.25, -0.2) is 0 Å². The highest BCUT2D eigenvalue weighted by atomic mass is 16.2. The van der Waals surface area contributed by atoms with E-state index in [4.69, 9.17) is 0 Å². The van der Waals surface area contributed by atoms with Crippen LogP contribution in [0.4, 0.5) is 0 Å². The summed E-state index contributed by atoms with van der Waals surface area (Å²) in [5.74, 6) is 0. The Balaban J connectivity index is 3.32. The fourth-order valence-electron chi connectivity index (χ4n) is 0.448. The van der Waals surface area contributed by atoms with Crippen molar-refractivity contribution in [3.8, 4) is 0 Å². The maximum absolute atomic E-state index is 10.5. The molecule has 0 spiro atoms. The van der Waals surface area contributed by atoms with Crippen molar-refractivity contribution in [3.63, 3.8) is 0 Å². The molecule has 0 unspecified atom stereocenters. The van der Waals surface area contributed by atoms with Gasteiger partial charge in [0.2, 0.25) is 6.41 Å². The zero-order valence-electron chi connectivity index (χ0n) is 4.52. The van der Waals surface area contributed by atoms with Crippen molar-refractivity contribution in [2.45, 2.75) is 0 Å². The molecule has 0 N–H and O–H groups in total. The van der Waals surface area contributed by atoms with Crippen LogP contribution in [-0.4, -0.2) is 16.2 Å². The second-order valence-corrected chi connectivity index (χ2v) is 1.41. The van der Waals surface area contributed by atoms with Crippen LogP contribution in [0.15, 0.2) is 23.1 Å². The van der Waals surface area contributed by atoms with Crippen LogP contribution in [0.5, 0.6) is 0 Å². The zero-order chi connectivity index (χ0) is 6.69. The number of carbonyl (C=O) groups is 1. The Morgan fingerprint density at radius 3 is 2.89 bits per heavy atom. The Morgan fingerprint density at radius 1 is 1.67 bits per heavy atom. The lowest BCUT2D eigenvalue weighted by molar-refractivity contribution is 0.536. The predicted molar refractivity (Wildman–Crippen MR) is 30.6 cm³/mol. The first-order valence-electron chi connectivity index (χ1n) is 2.34. The van der Waals surface area contributed by atoms with Crippen molar-refractivity contribution < 1.29 is 4.79 Å². The molecule has 1 aromatic rings. The van der Waals surface area contributed by atoms with Gasteiger partial charge in [0.05, 0.1) is 0 Å². The van der Waals surface area contributed by atoms with E-state index < -0.39 is 5.56 Å². The van der Waals surface area contributed by atoms with Crippen molar-refractivity contribution in [1.82, 2.24) is 9.78 Å². The quantitative estimate of drug-likeness (QED) is 0.464. The van der Waals surface area contributed by atoms with Gasteiger partial charge in [0, 0.05) is 12.3 Å². The Labute approximate surface area is 50.7 Å². The van der Waals surface area contributed by atoms with Crippen LogP contribution in [0.1, 0.15) is 0 Å². The first-order chi connectivity index (χ1) is 4.34. The number of hydrogen-bond donors (Lipinski definition) is 0. The molecule has 0 atom stereocenters. The van der Waals surface area contributed by atoms with E-state index in [1.165, 1.54) is 18.3 Å². The molecule has 0 aromatic carbocycles. The van der Waals surface area contributed by atoms with Gasteiger partial charge in [0.1, 0.15) is 0 Å². The minimum atomic E-state index is -0.410. The first kappa shape index (κ1) is 5.68. The molecule has 1 rings (SSSR count). The van der Waals surface area contributed by atoms with Gasteiger partial charge in [-0.1, -0.05) is 0 Å². The highest BCUT2D eigenvalue weighted by Gasteiger charge is 1.87. The molecule has 4 nitrogen and oxygen atoms in total. The molecule has 0 aliphatic rings. The summed E-state index contributed by atoms with van der Waals surface area (Å²) in [5, 5.41) is 3.43. The van der Waals surface area contributed by atoms with Crippen molar-refractivity contribution >= 4 is 6.41 Å². The van der Waals surface area contributed by atoms with Gasteiger partial charge in [0.15, 0.2) is 0 Å². The van der Waals surface area contributed by atoms with Crippen molar-refractivity contribution in [1.29, 1.82) is 0 Å². The van der Waals surface area contributed by atoms with E-state index in [-0.39, 0.29) is 0 Å². The van der Waals surface area contributed by atoms with E-state index in [0.29, 0.717) is 6.41 Å². The molecule has 0 saturated heterocycles. The summed E-state index contributed by atoms with van der Waals surface area (Å²) in [5.41, 5.74) is -0.410. The van der Waals surface area contributed by atoms with Gasteiger partial charge in [-0.3, -0.25) is 9.59 Å². The third-order valence-corrected chi connectivity index (χ3v) is 0.842. The fourth-order valence-corrected chi connectivity index (χ4v) is 0.448. The molecule has 0 bridgehead atoms. The number of rotatable bonds is 1. The average molecular weight is 124 g/mol. The van der Waals surface area contributed by atoms with Crippen LogP contribution in [0, 0.1) is 0 Å². The van der Waals surface area contributed by atoms with E-state index in [2.05, 4.69) is 5.10 Å². The van der Waals surface area contributed by atoms with E-state index in [1.54, 1.807) is 0 Å². The van der Waals surface area contributed by atoms with Crippen LogP contribution in [0.3, 0.4) is 0 Å². The van der Waals surface area contributed by atoms with Gasteiger partial charge in [-0.15, -0.1) is 0 Å². The van der Waals surface area contributed by atoms with Crippen LogP contribution < -0.4 is 5.56 Å². The van der Waals surface area contributed by atoms with Crippen LogP contribution in [-0.2, 0) is 4.79 Å². The van der Waals surface area contributed by atoms with Crippen molar-refractivity contribution in [3.05, 3.63) is 28.7 Å². The van der Waals surface area contributed by atoms with E-state index in [9.17, 15) is 9.59 Å². The van der Waals surface area contributed by atoms with Gasteiger partial charge >= 0.3 is 0 Å². The lowest BCUT2D eigenvalue weighted by atomic mass is 10.6. The Morgan fingerprint density at radius 2 is 2.44 bits per heavy atom. The lowest BCUT2D eigenvalue weighted by Gasteiger charge is -1.86. The van der Waals surface area contributed by atoms with Gasteiger partial charge in [0.25, 0.3) is 5.56 Å². The molecule has 46 valence electrons. The first-order valence-corrected chi connectivity index (χ1v) is 2.34. The van der Waals surface area contributed by atoms with Crippen molar-refractivity contribution in [2.24, 2.45) is 0 Å². The molecule has 0 amide bonds. The van der Waals surface area contributed by atoms with Crippen LogP contribution in [0.2, 0.25) is 0 Å². The molecule has 4 heteroatoms. The summed E-state index contributed by atoms with van der Waals surface area (Å²) in [6.45, 7) is 0. The summed E-state index contributed by atoms with van der Waals surface area (Å²) in [4.78, 5) is 20.4. The highest BCUT2D eigenvalue weighted by molar-refractivity contribution is 5.49. The van der Waals surface area contributed by atoms with E-state index in [1.807, 2.05) is 0 Å². The summed E-state index contributed by atoms with van der Waals surface area (Å²) in [6, 6.07) is 2.74. The molecule has 1 heterocycles. The third-order valence-electron chi connectivity index (χ3n) is 0.842. The van der Waals surface area contributed by atoms with Gasteiger partial charge in [-0.05, 0) is 6.07 Å². The third kappa shape index (κ3) is 1.02. The fraction of sp³-hybridized carbons (Fsp3) is 0. The Kier molecular flexibility index (Phi) is 1.40. The normalized spacial score (nSPS) is 8.89. The minimum absolute atomic E-state index is 0.363. The molecule has 0 fully saturated rings. The monoisotopic (exact) mass is 124 g/mol. The summed E-state index contributed by atoms with van der Waals surface area (Å²) < 4.78 is 0.722. The van der Waals surface area contributed by atoms with Crippen LogP contribution >= 0.6 is 0 Å². The molecule has 0 aliphatic heterocycles. The Hall–Kier alpha value is -1.45. The van der Waals surface area contributed by atoms with Crippen molar-refractivity contribution in [2.75, 3.05) is 0 Å². The molecule has 9 heavy (non-hydrogen) atoms. The summed E-state index contributed by atoms with van der Waals surface area (Å²) >= 11 is 0. The smallest absolute Gasteiger partial charge is 0.273 e. The number of nitrogens with zero attached hydrogens (tertiary/aromatic N) is 2. The topological polar surface area (TPSA) is 52.0 Å². The average Bonchev–Trinajstić information content (AvgIpc) is 1.89. The van der Waals surface area contributed by atoms with Gasteiger partial charge in [-0.2, -0.15) is 9.78 Å². The number of carbonyl (C=O) groups excluding carboxylic acids is 1. The van der Waals surface area contributed by atoms with E-state index >= 15 is 0 Å². The maximum atomic E-state index is 10.5. The standard InChI is InChI=1S/C5H4N2O2/c8-4-7-5(9)2-1-3-6-7/h1-4H. The second kappa shape index (κ2) is 2.21. The number of hydrogen-bond acceptors (Lipinski definition) is 3. The molecule has 0 aliphatic carbocycles. The summed E-state index contributed by atoms with van der Waals surface area (Å²) in [6.07, 6.45) is 1.73. The maximum Gasteiger partial charge on any atom is 0.273 e. The minimum Gasteiger partial charge on any atom is -0.276 e. The lowest BCUT2D eigenvalue weighted by Crippen LogP contribution is -2.19. The molecular formula is C5H4N2O2. The van der Waals surface area contributed by atoms with Gasteiger partial charge < -0.3 is 0 Å². The second-order valence-electron chi connectivity index (χ2n) is 1.41. The molecule has 1 aromatic heterocycles. The highest BCUT2D eigenvalue weighted by Crippen LogP contribution is 1.66. The zero-order valence-corrected chi connectivity index (χ0v) is 4.52. The Bertz CT molecular complexity index is 266. The predicted octanol–water partition coefficient (Wildman–Crippen LogP) is -0.718. The number of aromatic nitrogens is 2. The SMILES string of the molecule is O=Cn1ncccc1=O. The molecule has 0 radical (unpaired) electrons. The van der Waals surface area contributed by atoms with E-state index in [0.717, 1.165) is 4.68 Å². The summed E-state index contributed by atoms with van der Waals surface area (Å²) in [7, 11) is 0. The van der Waals surface area contributed by atoms with Crippen LogP contribution in [0.25, 0.3) is 0 Å². The largest absolute Gasteiger partial charge is 0.276 e.